The van der Waals surface area contributed by atoms with Crippen molar-refractivity contribution < 1.29 is 45.5 Å². The summed E-state index contributed by atoms with van der Waals surface area (Å²) in [7, 11) is 0. The standard InChI is InChI=1S/C50H30O/c1-2-14-33-28-36(25-24-31(33)12-1)47-38-18-7-9-20-41(38)50(42-21-10-8-19-39(42)47)49-37-17-6-5-13-32(37)26-27-43(49)40-22-11-23-45-48(40)44-29-34-15-3-4-16-35(34)30-46(44)51-45/h1-30H/i1D,2D,3D,4D,5D,6D,7D,8D,9D,10D,11D,12D,13D,14D,15D,16D,17D,18D,19D,20D,21D,22D,23D,24D,25D,26D,27D,28D,29D,30D. The molecule has 1 heteroatoms. The van der Waals surface area contributed by atoms with E-state index in [2.05, 4.69) is 0 Å². The Hall–Kier alpha value is -6.70. The van der Waals surface area contributed by atoms with Crippen molar-refractivity contribution in [2.24, 2.45) is 0 Å². The maximum atomic E-state index is 9.98. The third-order valence-corrected chi connectivity index (χ3v) is 8.57. The van der Waals surface area contributed by atoms with Gasteiger partial charge in [-0.25, -0.2) is 0 Å². The van der Waals surface area contributed by atoms with E-state index >= 15 is 0 Å². The van der Waals surface area contributed by atoms with Crippen LogP contribution >= 0.6 is 0 Å². The van der Waals surface area contributed by atoms with Gasteiger partial charge in [-0.05, 0) is 111 Å². The van der Waals surface area contributed by atoms with E-state index in [0.717, 1.165) is 0 Å². The van der Waals surface area contributed by atoms with Crippen molar-refractivity contribution in [2.45, 2.75) is 0 Å². The van der Waals surface area contributed by atoms with E-state index < -0.39 is 290 Å². The maximum absolute atomic E-state index is 9.98. The zero-order chi connectivity index (χ0) is 59.6. The molecule has 10 aromatic carbocycles. The summed E-state index contributed by atoms with van der Waals surface area (Å²) in [6, 6.07) is -29.3. The zero-order valence-electron chi connectivity index (χ0n) is 55.4. The highest BCUT2D eigenvalue weighted by molar-refractivity contribution is 6.27. The Bertz CT molecular complexity index is 4850. The van der Waals surface area contributed by atoms with Crippen LogP contribution in [0, 0.1) is 0 Å². The van der Waals surface area contributed by atoms with Crippen molar-refractivity contribution in [3.05, 3.63) is 181 Å². The summed E-state index contributed by atoms with van der Waals surface area (Å²) in [5.74, 6) is 0. The first-order valence-corrected chi connectivity index (χ1v) is 15.2. The molecule has 1 nitrogen and oxygen atoms in total. The van der Waals surface area contributed by atoms with E-state index in [-0.39, 0.29) is 0 Å². The third kappa shape index (κ3) is 4.22. The fourth-order valence-corrected chi connectivity index (χ4v) is 6.48. The molecule has 51 heavy (non-hydrogen) atoms. The van der Waals surface area contributed by atoms with E-state index in [1.807, 2.05) is 0 Å². The van der Waals surface area contributed by atoms with Gasteiger partial charge in [-0.15, -0.1) is 0 Å². The number of rotatable bonds is 3. The second-order valence-electron chi connectivity index (χ2n) is 11.3. The van der Waals surface area contributed by atoms with Gasteiger partial charge in [0.25, 0.3) is 0 Å². The van der Waals surface area contributed by atoms with Gasteiger partial charge in [0.2, 0.25) is 0 Å². The first-order chi connectivity index (χ1) is 37.8. The Morgan fingerprint density at radius 1 is 0.314 bits per heavy atom. The van der Waals surface area contributed by atoms with Crippen LogP contribution in [0.1, 0.15) is 41.1 Å². The molecule has 0 saturated heterocycles. The molecule has 1 aromatic heterocycles. The summed E-state index contributed by atoms with van der Waals surface area (Å²) in [6.07, 6.45) is 0. The van der Waals surface area contributed by atoms with Crippen LogP contribution in [0.15, 0.2) is 186 Å². The zero-order valence-corrected chi connectivity index (χ0v) is 25.4. The molecule has 236 valence electrons. The summed E-state index contributed by atoms with van der Waals surface area (Å²) in [5.41, 5.74) is -6.51. The van der Waals surface area contributed by atoms with E-state index in [4.69, 9.17) is 25.0 Å². The van der Waals surface area contributed by atoms with Crippen LogP contribution in [0.2, 0.25) is 0 Å². The lowest BCUT2D eigenvalue weighted by Crippen LogP contribution is -1.94. The average molecular weight is 677 g/mol. The predicted molar refractivity (Wildman–Crippen MR) is 218 cm³/mol. The Morgan fingerprint density at radius 3 is 1.57 bits per heavy atom. The molecular weight excluding hydrogens is 617 g/mol. The van der Waals surface area contributed by atoms with Gasteiger partial charge >= 0.3 is 0 Å². The smallest absolute Gasteiger partial charge is 0.136 e. The van der Waals surface area contributed by atoms with Crippen molar-refractivity contribution in [3.8, 4) is 33.4 Å². The summed E-state index contributed by atoms with van der Waals surface area (Å²) in [6.45, 7) is 0. The van der Waals surface area contributed by atoms with Crippen molar-refractivity contribution in [1.29, 1.82) is 0 Å². The molecule has 1 heterocycles. The molecule has 0 saturated carbocycles. The largest absolute Gasteiger partial charge is 0.456 e. The second-order valence-corrected chi connectivity index (χ2v) is 11.3. The quantitative estimate of drug-likeness (QED) is 0.170. The normalized spacial score (nSPS) is 20.2. The van der Waals surface area contributed by atoms with Crippen LogP contribution in [0.5, 0.6) is 0 Å². The maximum Gasteiger partial charge on any atom is 0.136 e. The molecule has 0 aliphatic heterocycles. The van der Waals surface area contributed by atoms with Crippen LogP contribution in [0.4, 0.5) is 0 Å². The highest BCUT2D eigenvalue weighted by atomic mass is 16.3. The molecule has 0 aliphatic carbocycles. The Labute approximate surface area is 336 Å². The van der Waals surface area contributed by atoms with Crippen LogP contribution in [0.25, 0.3) is 109 Å². The highest BCUT2D eigenvalue weighted by Crippen LogP contribution is 2.50. The summed E-state index contributed by atoms with van der Waals surface area (Å²) in [4.78, 5) is 0. The first kappa shape index (κ1) is 11.7. The Balaban J connectivity index is 1.54. The minimum atomic E-state index is -1.12. The van der Waals surface area contributed by atoms with Crippen molar-refractivity contribution in [2.75, 3.05) is 0 Å². The van der Waals surface area contributed by atoms with E-state index in [1.165, 1.54) is 0 Å². The monoisotopic (exact) mass is 676 g/mol. The van der Waals surface area contributed by atoms with Crippen molar-refractivity contribution in [3.63, 3.8) is 0 Å². The molecule has 11 rings (SSSR count). The van der Waals surface area contributed by atoms with Gasteiger partial charge in [-0.1, -0.05) is 157 Å². The summed E-state index contributed by atoms with van der Waals surface area (Å²) >= 11 is 0. The van der Waals surface area contributed by atoms with E-state index in [0.29, 0.717) is 0 Å². The van der Waals surface area contributed by atoms with Crippen LogP contribution < -0.4 is 0 Å². The fourth-order valence-electron chi connectivity index (χ4n) is 6.48. The number of hydrogen-bond acceptors (Lipinski definition) is 1. The molecule has 0 radical (unpaired) electrons. The average Bonchev–Trinajstić information content (AvgIpc) is 3.06. The predicted octanol–water partition coefficient (Wildman–Crippen LogP) is 14.4. The van der Waals surface area contributed by atoms with Gasteiger partial charge in [0.05, 0.1) is 41.1 Å². The van der Waals surface area contributed by atoms with E-state index in [1.54, 1.807) is 0 Å². The van der Waals surface area contributed by atoms with Gasteiger partial charge < -0.3 is 4.42 Å². The van der Waals surface area contributed by atoms with Gasteiger partial charge in [-0.2, -0.15) is 0 Å². The molecule has 0 aliphatic rings. The molecule has 0 amide bonds. The summed E-state index contributed by atoms with van der Waals surface area (Å²) in [5, 5.41) is -8.65. The number of furan rings is 1. The molecular formula is C50H30O. The minimum Gasteiger partial charge on any atom is -0.456 e. The lowest BCUT2D eigenvalue weighted by molar-refractivity contribution is 0.669. The molecule has 0 spiro atoms. The van der Waals surface area contributed by atoms with Crippen molar-refractivity contribution >= 4 is 75.8 Å². The molecule has 0 unspecified atom stereocenters. The number of benzene rings is 10. The van der Waals surface area contributed by atoms with Gasteiger partial charge in [0, 0.05) is 10.8 Å². The molecule has 0 atom stereocenters. The molecule has 11 aromatic rings. The number of fused-ring (bicyclic) bond motifs is 8. The topological polar surface area (TPSA) is 13.1 Å². The molecule has 0 fully saturated rings. The van der Waals surface area contributed by atoms with E-state index in [9.17, 15) is 20.6 Å². The second kappa shape index (κ2) is 10.9. The number of hydrogen-bond donors (Lipinski definition) is 0. The molecule has 0 bridgehead atoms. The fraction of sp³-hybridized carbons (Fsp3) is 0. The lowest BCUT2D eigenvalue weighted by Gasteiger charge is -2.21. The minimum absolute atomic E-state index is 0.530. The highest BCUT2D eigenvalue weighted by Gasteiger charge is 2.23. The van der Waals surface area contributed by atoms with Crippen LogP contribution in [-0.2, 0) is 0 Å². The lowest BCUT2D eigenvalue weighted by atomic mass is 9.81. The van der Waals surface area contributed by atoms with Crippen LogP contribution in [0.3, 0.4) is 0 Å². The first-order valence-electron chi connectivity index (χ1n) is 30.2. The van der Waals surface area contributed by atoms with Gasteiger partial charge in [0.15, 0.2) is 0 Å². The van der Waals surface area contributed by atoms with Gasteiger partial charge in [0.1, 0.15) is 11.2 Å². The third-order valence-electron chi connectivity index (χ3n) is 8.57. The SMILES string of the molecule is [2H]c1c([2H])c(-c2c([2H])c([2H])c3c([2H])c([2H])c([2H])c([2H])c3c2-c2c3c([2H])c([2H])c([2H])c([2H])c3c(-c3c([2H])c([2H])c4c([2H])c([2H])c([2H])c([2H])c4c3[2H])c3c([2H])c([2H])c([2H])c([2H])c23)c2c(oc3c([2H])c4c([2H])c([2H])c([2H])c([2H])c4c([2H])c32)c1[2H]. The summed E-state index contributed by atoms with van der Waals surface area (Å²) < 4.78 is 281. The van der Waals surface area contributed by atoms with Gasteiger partial charge in [-0.3, -0.25) is 0 Å². The van der Waals surface area contributed by atoms with Crippen molar-refractivity contribution in [1.82, 2.24) is 0 Å². The Morgan fingerprint density at radius 2 is 0.863 bits per heavy atom. The molecule has 0 N–H and O–H groups in total. The Kier molecular flexibility index (Phi) is 2.50. The van der Waals surface area contributed by atoms with Crippen LogP contribution in [-0.4, -0.2) is 0 Å².